The van der Waals surface area contributed by atoms with E-state index in [-0.39, 0.29) is 24.8 Å². The SMILES string of the molecule is C=CCC(=O)NC(C)CCC(=O)O. The van der Waals surface area contributed by atoms with Gasteiger partial charge < -0.3 is 10.4 Å². The number of carbonyl (C=O) groups excluding carboxylic acids is 1. The molecule has 1 unspecified atom stereocenters. The van der Waals surface area contributed by atoms with Gasteiger partial charge in [-0.2, -0.15) is 0 Å². The second-order valence-electron chi connectivity index (χ2n) is 2.89. The van der Waals surface area contributed by atoms with Crippen LogP contribution in [0.2, 0.25) is 0 Å². The Kier molecular flexibility index (Phi) is 5.59. The van der Waals surface area contributed by atoms with Crippen molar-refractivity contribution in [2.75, 3.05) is 0 Å². The van der Waals surface area contributed by atoms with Crippen molar-refractivity contribution in [3.05, 3.63) is 12.7 Å². The van der Waals surface area contributed by atoms with Crippen LogP contribution in [-0.4, -0.2) is 23.0 Å². The van der Waals surface area contributed by atoms with Crippen LogP contribution in [0.25, 0.3) is 0 Å². The molecule has 2 N–H and O–H groups in total. The molecule has 0 fully saturated rings. The van der Waals surface area contributed by atoms with Crippen LogP contribution in [0.3, 0.4) is 0 Å². The Labute approximate surface area is 77.6 Å². The number of nitrogens with one attached hydrogen (secondary N) is 1. The van der Waals surface area contributed by atoms with Gasteiger partial charge in [-0.05, 0) is 13.3 Å². The lowest BCUT2D eigenvalue weighted by Crippen LogP contribution is -2.32. The lowest BCUT2D eigenvalue weighted by molar-refractivity contribution is -0.137. The fraction of sp³-hybridized carbons (Fsp3) is 0.556. The summed E-state index contributed by atoms with van der Waals surface area (Å²) < 4.78 is 0. The summed E-state index contributed by atoms with van der Waals surface area (Å²) in [5, 5.41) is 11.0. The van der Waals surface area contributed by atoms with Gasteiger partial charge in [-0.25, -0.2) is 0 Å². The molecule has 0 bridgehead atoms. The molecule has 0 aliphatic carbocycles. The molecule has 0 aromatic rings. The fourth-order valence-electron chi connectivity index (χ4n) is 0.877. The smallest absolute Gasteiger partial charge is 0.303 e. The summed E-state index contributed by atoms with van der Waals surface area (Å²) in [6.07, 6.45) is 2.32. The molecule has 0 radical (unpaired) electrons. The largest absolute Gasteiger partial charge is 0.481 e. The van der Waals surface area contributed by atoms with Crippen LogP contribution in [0, 0.1) is 0 Å². The molecule has 0 rings (SSSR count). The second kappa shape index (κ2) is 6.22. The van der Waals surface area contributed by atoms with Crippen molar-refractivity contribution in [1.29, 1.82) is 0 Å². The maximum absolute atomic E-state index is 11.0. The number of hydrogen-bond donors (Lipinski definition) is 2. The van der Waals surface area contributed by atoms with E-state index in [1.54, 1.807) is 6.92 Å². The predicted octanol–water partition coefficient (Wildman–Crippen LogP) is 0.932. The first-order valence-corrected chi connectivity index (χ1v) is 4.18. The van der Waals surface area contributed by atoms with Gasteiger partial charge in [-0.1, -0.05) is 6.08 Å². The zero-order chi connectivity index (χ0) is 10.3. The molecule has 13 heavy (non-hydrogen) atoms. The van der Waals surface area contributed by atoms with Gasteiger partial charge in [0.1, 0.15) is 0 Å². The van der Waals surface area contributed by atoms with Crippen molar-refractivity contribution in [3.63, 3.8) is 0 Å². The van der Waals surface area contributed by atoms with E-state index < -0.39 is 5.97 Å². The third kappa shape index (κ3) is 7.05. The minimum Gasteiger partial charge on any atom is -0.481 e. The van der Waals surface area contributed by atoms with Gasteiger partial charge in [0.2, 0.25) is 5.91 Å². The van der Waals surface area contributed by atoms with Crippen LogP contribution >= 0.6 is 0 Å². The summed E-state index contributed by atoms with van der Waals surface area (Å²) in [7, 11) is 0. The minimum absolute atomic E-state index is 0.0789. The summed E-state index contributed by atoms with van der Waals surface area (Å²) in [4.78, 5) is 21.2. The quantitative estimate of drug-likeness (QED) is 0.605. The molecule has 1 atom stereocenters. The van der Waals surface area contributed by atoms with E-state index >= 15 is 0 Å². The summed E-state index contributed by atoms with van der Waals surface area (Å²) in [5.41, 5.74) is 0. The molecule has 4 nitrogen and oxygen atoms in total. The van der Waals surface area contributed by atoms with E-state index in [0.717, 1.165) is 0 Å². The monoisotopic (exact) mass is 185 g/mol. The van der Waals surface area contributed by atoms with Gasteiger partial charge in [0.15, 0.2) is 0 Å². The van der Waals surface area contributed by atoms with E-state index in [2.05, 4.69) is 11.9 Å². The number of amides is 1. The molecule has 0 aliphatic rings. The van der Waals surface area contributed by atoms with E-state index in [1.807, 2.05) is 0 Å². The fourth-order valence-corrected chi connectivity index (χ4v) is 0.877. The van der Waals surface area contributed by atoms with E-state index in [1.165, 1.54) is 6.08 Å². The highest BCUT2D eigenvalue weighted by molar-refractivity contribution is 5.77. The summed E-state index contributed by atoms with van der Waals surface area (Å²) >= 11 is 0. The summed E-state index contributed by atoms with van der Waals surface area (Å²) in [5.74, 6) is -0.960. The lowest BCUT2D eigenvalue weighted by atomic mass is 10.2. The van der Waals surface area contributed by atoms with E-state index in [0.29, 0.717) is 6.42 Å². The van der Waals surface area contributed by atoms with Gasteiger partial charge in [0.05, 0.1) is 0 Å². The van der Waals surface area contributed by atoms with Crippen LogP contribution in [0.1, 0.15) is 26.2 Å². The molecule has 0 spiro atoms. The zero-order valence-corrected chi connectivity index (χ0v) is 7.75. The van der Waals surface area contributed by atoms with Crippen molar-refractivity contribution in [3.8, 4) is 0 Å². The van der Waals surface area contributed by atoms with Crippen LogP contribution in [0.15, 0.2) is 12.7 Å². The van der Waals surface area contributed by atoms with Gasteiger partial charge >= 0.3 is 5.97 Å². The van der Waals surface area contributed by atoms with Gasteiger partial charge in [0, 0.05) is 18.9 Å². The molecular formula is C9H15NO3. The van der Waals surface area contributed by atoms with Crippen molar-refractivity contribution in [2.45, 2.75) is 32.2 Å². The van der Waals surface area contributed by atoms with Crippen LogP contribution < -0.4 is 5.32 Å². The summed E-state index contributed by atoms with van der Waals surface area (Å²) in [6.45, 7) is 5.21. The average molecular weight is 185 g/mol. The topological polar surface area (TPSA) is 66.4 Å². The maximum atomic E-state index is 11.0. The first-order chi connectivity index (χ1) is 6.06. The third-order valence-corrected chi connectivity index (χ3v) is 1.53. The number of carboxylic acids is 1. The Balaban J connectivity index is 3.60. The number of carboxylic acid groups (broad SMARTS) is 1. The Bertz CT molecular complexity index is 201. The Morgan fingerprint density at radius 3 is 2.69 bits per heavy atom. The lowest BCUT2D eigenvalue weighted by Gasteiger charge is -2.11. The molecule has 0 aromatic carbocycles. The van der Waals surface area contributed by atoms with Crippen LogP contribution in [0.4, 0.5) is 0 Å². The van der Waals surface area contributed by atoms with Crippen LogP contribution in [0.5, 0.6) is 0 Å². The zero-order valence-electron chi connectivity index (χ0n) is 7.75. The van der Waals surface area contributed by atoms with E-state index in [9.17, 15) is 9.59 Å². The second-order valence-corrected chi connectivity index (χ2v) is 2.89. The molecule has 0 aliphatic heterocycles. The third-order valence-electron chi connectivity index (χ3n) is 1.53. The highest BCUT2D eigenvalue weighted by Gasteiger charge is 2.07. The Morgan fingerprint density at radius 2 is 2.23 bits per heavy atom. The Morgan fingerprint density at radius 1 is 1.62 bits per heavy atom. The van der Waals surface area contributed by atoms with Crippen LogP contribution in [-0.2, 0) is 9.59 Å². The van der Waals surface area contributed by atoms with Gasteiger partial charge in [-0.15, -0.1) is 6.58 Å². The molecule has 1 amide bonds. The normalized spacial score (nSPS) is 11.8. The highest BCUT2D eigenvalue weighted by Crippen LogP contribution is 1.96. The molecule has 0 aromatic heterocycles. The molecule has 74 valence electrons. The van der Waals surface area contributed by atoms with E-state index in [4.69, 9.17) is 5.11 Å². The molecule has 0 saturated heterocycles. The number of rotatable bonds is 6. The number of hydrogen-bond acceptors (Lipinski definition) is 2. The van der Waals surface area contributed by atoms with Crippen molar-refractivity contribution >= 4 is 11.9 Å². The molecule has 0 heterocycles. The van der Waals surface area contributed by atoms with Crippen molar-refractivity contribution in [1.82, 2.24) is 5.32 Å². The van der Waals surface area contributed by atoms with Gasteiger partial charge in [-0.3, -0.25) is 9.59 Å². The van der Waals surface area contributed by atoms with Gasteiger partial charge in [0.25, 0.3) is 0 Å². The number of aliphatic carboxylic acids is 1. The molecule has 4 heteroatoms. The first kappa shape index (κ1) is 11.7. The molecular weight excluding hydrogens is 170 g/mol. The maximum Gasteiger partial charge on any atom is 0.303 e. The van der Waals surface area contributed by atoms with Crippen molar-refractivity contribution < 1.29 is 14.7 Å². The Hall–Kier alpha value is -1.32. The first-order valence-electron chi connectivity index (χ1n) is 4.18. The minimum atomic E-state index is -0.843. The predicted molar refractivity (Wildman–Crippen MR) is 49.3 cm³/mol. The molecule has 0 saturated carbocycles. The number of carbonyl (C=O) groups is 2. The standard InChI is InChI=1S/C9H15NO3/c1-3-4-8(11)10-7(2)5-6-9(12)13/h3,7H,1,4-6H2,2H3,(H,10,11)(H,12,13). The highest BCUT2D eigenvalue weighted by atomic mass is 16.4. The summed E-state index contributed by atoms with van der Waals surface area (Å²) in [6, 6.07) is -0.0939. The van der Waals surface area contributed by atoms with Crippen molar-refractivity contribution in [2.24, 2.45) is 0 Å². The average Bonchev–Trinajstić information content (AvgIpc) is 2.01.